The van der Waals surface area contributed by atoms with Crippen LogP contribution in [0.4, 0.5) is 5.69 Å². The summed E-state index contributed by atoms with van der Waals surface area (Å²) >= 11 is 0. The number of benzene rings is 2. The highest BCUT2D eigenvalue weighted by Crippen LogP contribution is 2.40. The lowest BCUT2D eigenvalue weighted by atomic mass is 9.81. The Hall–Kier alpha value is -3.14. The molecule has 1 heterocycles. The van der Waals surface area contributed by atoms with E-state index in [-0.39, 0.29) is 29.3 Å². The van der Waals surface area contributed by atoms with E-state index in [0.29, 0.717) is 17.9 Å². The predicted molar refractivity (Wildman–Crippen MR) is 139 cm³/mol. The second-order valence-electron chi connectivity index (χ2n) is 10.8. The fraction of sp³-hybridized carbons (Fsp3) is 0.400. The van der Waals surface area contributed by atoms with Crippen molar-refractivity contribution in [2.45, 2.75) is 71.9 Å². The van der Waals surface area contributed by atoms with E-state index in [1.54, 1.807) is 6.92 Å². The van der Waals surface area contributed by atoms with Crippen molar-refractivity contribution >= 4 is 17.5 Å². The molecule has 0 aromatic heterocycles. The molecule has 34 heavy (non-hydrogen) atoms. The van der Waals surface area contributed by atoms with Gasteiger partial charge in [-0.2, -0.15) is 0 Å². The summed E-state index contributed by atoms with van der Waals surface area (Å²) in [6.45, 7) is 12.4. The molecule has 178 valence electrons. The predicted octanol–water partition coefficient (Wildman–Crippen LogP) is 6.49. The van der Waals surface area contributed by atoms with Gasteiger partial charge in [0, 0.05) is 29.9 Å². The first-order chi connectivity index (χ1) is 16.1. The molecule has 2 aromatic rings. The van der Waals surface area contributed by atoms with Crippen LogP contribution < -0.4 is 4.90 Å². The summed E-state index contributed by atoms with van der Waals surface area (Å²) in [5.74, 6) is 0.407. The zero-order valence-corrected chi connectivity index (χ0v) is 21.2. The second-order valence-corrected chi connectivity index (χ2v) is 10.8. The summed E-state index contributed by atoms with van der Waals surface area (Å²) in [6.07, 6.45) is 5.80. The van der Waals surface area contributed by atoms with E-state index >= 15 is 0 Å². The molecule has 1 aliphatic heterocycles. The Bertz CT molecular complexity index is 1120. The van der Waals surface area contributed by atoms with Crippen LogP contribution in [0.1, 0.15) is 70.3 Å². The van der Waals surface area contributed by atoms with Gasteiger partial charge in [0.15, 0.2) is 0 Å². The number of para-hydroxylation sites is 1. The van der Waals surface area contributed by atoms with Crippen molar-refractivity contribution in [3.63, 3.8) is 0 Å². The molecule has 4 rings (SSSR count). The van der Waals surface area contributed by atoms with Crippen LogP contribution in [-0.2, 0) is 10.2 Å². The maximum Gasteiger partial charge on any atom is 0.258 e. The zero-order valence-electron chi connectivity index (χ0n) is 21.2. The third kappa shape index (κ3) is 4.59. The molecule has 2 aliphatic rings. The summed E-state index contributed by atoms with van der Waals surface area (Å²) in [5, 5.41) is 0. The first-order valence-electron chi connectivity index (χ1n) is 12.3. The minimum Gasteiger partial charge on any atom is -0.310 e. The number of amides is 2. The van der Waals surface area contributed by atoms with Gasteiger partial charge in [0.2, 0.25) is 5.91 Å². The Labute approximate surface area is 204 Å². The molecule has 0 bridgehead atoms. The van der Waals surface area contributed by atoms with Gasteiger partial charge >= 0.3 is 0 Å². The van der Waals surface area contributed by atoms with Crippen LogP contribution in [0.3, 0.4) is 0 Å². The Morgan fingerprint density at radius 2 is 1.62 bits per heavy atom. The van der Waals surface area contributed by atoms with Crippen molar-refractivity contribution in [1.82, 2.24) is 4.90 Å². The summed E-state index contributed by atoms with van der Waals surface area (Å²) < 4.78 is 0. The van der Waals surface area contributed by atoms with E-state index in [1.165, 1.54) is 11.1 Å². The molecular formula is C30H36N2O2. The van der Waals surface area contributed by atoms with Gasteiger partial charge in [-0.25, -0.2) is 0 Å². The molecule has 0 N–H and O–H groups in total. The van der Waals surface area contributed by atoms with Crippen molar-refractivity contribution in [3.05, 3.63) is 89.1 Å². The molecule has 0 spiro atoms. The Morgan fingerprint density at radius 3 is 2.21 bits per heavy atom. The van der Waals surface area contributed by atoms with E-state index in [9.17, 15) is 9.59 Å². The van der Waals surface area contributed by atoms with Gasteiger partial charge in [0.25, 0.3) is 5.91 Å². The highest BCUT2D eigenvalue weighted by molar-refractivity contribution is 6.07. The quantitative estimate of drug-likeness (QED) is 0.530. The zero-order chi connectivity index (χ0) is 24.6. The standard InChI is InChI=1S/C30H36N2O2/c1-20-12-17-27-26(18-20)28(19-21(2)31(27)22(3)33)32(25-10-8-7-9-11-25)29(34)23-13-15-24(16-14-23)30(4,5)6/h7-17,20-21,28H,18-19H2,1-6H3. The highest BCUT2D eigenvalue weighted by Gasteiger charge is 2.40. The maximum absolute atomic E-state index is 14.1. The van der Waals surface area contributed by atoms with Crippen LogP contribution in [0.2, 0.25) is 0 Å². The number of anilines is 1. The number of hydrogen-bond donors (Lipinski definition) is 0. The lowest BCUT2D eigenvalue weighted by Crippen LogP contribution is -2.52. The summed E-state index contributed by atoms with van der Waals surface area (Å²) in [6, 6.07) is 17.9. The molecule has 4 heteroatoms. The van der Waals surface area contributed by atoms with Crippen LogP contribution in [0.5, 0.6) is 0 Å². The first-order valence-corrected chi connectivity index (χ1v) is 12.3. The Kier molecular flexibility index (Phi) is 6.53. The molecule has 0 fully saturated rings. The lowest BCUT2D eigenvalue weighted by molar-refractivity contribution is -0.129. The second kappa shape index (κ2) is 9.25. The monoisotopic (exact) mass is 456 g/mol. The van der Waals surface area contributed by atoms with Crippen LogP contribution >= 0.6 is 0 Å². The molecule has 3 unspecified atom stereocenters. The number of hydrogen-bond acceptors (Lipinski definition) is 2. The smallest absolute Gasteiger partial charge is 0.258 e. The normalized spacial score (nSPS) is 22.4. The highest BCUT2D eigenvalue weighted by atomic mass is 16.2. The average molecular weight is 457 g/mol. The number of carbonyl (C=O) groups is 2. The van der Waals surface area contributed by atoms with Crippen LogP contribution in [0.25, 0.3) is 0 Å². The van der Waals surface area contributed by atoms with Gasteiger partial charge in [0.1, 0.15) is 0 Å². The molecule has 1 aliphatic carbocycles. The Balaban J connectivity index is 1.82. The minimum atomic E-state index is -0.106. The van der Waals surface area contributed by atoms with E-state index in [1.807, 2.05) is 52.3 Å². The summed E-state index contributed by atoms with van der Waals surface area (Å²) in [5.41, 5.74) is 4.93. The van der Waals surface area contributed by atoms with E-state index in [0.717, 1.165) is 17.8 Å². The van der Waals surface area contributed by atoms with Crippen molar-refractivity contribution in [3.8, 4) is 0 Å². The van der Waals surface area contributed by atoms with Gasteiger partial charge < -0.3 is 9.80 Å². The molecule has 3 atom stereocenters. The third-order valence-electron chi connectivity index (χ3n) is 7.02. The van der Waals surface area contributed by atoms with Gasteiger partial charge in [-0.05, 0) is 72.6 Å². The van der Waals surface area contributed by atoms with Crippen LogP contribution in [0.15, 0.2) is 78.0 Å². The minimum absolute atomic E-state index is 0.00147. The number of carbonyl (C=O) groups excluding carboxylic acids is 2. The fourth-order valence-electron chi connectivity index (χ4n) is 5.25. The summed E-state index contributed by atoms with van der Waals surface area (Å²) in [4.78, 5) is 30.5. The first kappa shape index (κ1) is 24.0. The molecule has 2 aromatic carbocycles. The SMILES string of the molecule is CC(=O)N1C2=C(CC(C)C=C2)C(N(C(=O)c2ccc(C(C)(C)C)cc2)c2ccccc2)CC1C. The molecule has 0 radical (unpaired) electrons. The van der Waals surface area contributed by atoms with Crippen LogP contribution in [-0.4, -0.2) is 28.8 Å². The summed E-state index contributed by atoms with van der Waals surface area (Å²) in [7, 11) is 0. The third-order valence-corrected chi connectivity index (χ3v) is 7.02. The lowest BCUT2D eigenvalue weighted by Gasteiger charge is -2.46. The van der Waals surface area contributed by atoms with Crippen molar-refractivity contribution in [1.29, 1.82) is 0 Å². The number of allylic oxidation sites excluding steroid dienone is 2. The van der Waals surface area contributed by atoms with Gasteiger partial charge in [-0.15, -0.1) is 0 Å². The molecule has 0 saturated heterocycles. The largest absolute Gasteiger partial charge is 0.310 e. The Morgan fingerprint density at radius 1 is 0.971 bits per heavy atom. The number of nitrogens with zero attached hydrogens (tertiary/aromatic N) is 2. The van der Waals surface area contributed by atoms with Gasteiger partial charge in [-0.1, -0.05) is 64.1 Å². The average Bonchev–Trinajstić information content (AvgIpc) is 2.79. The number of rotatable bonds is 3. The van der Waals surface area contributed by atoms with Crippen LogP contribution in [0, 0.1) is 5.92 Å². The fourth-order valence-corrected chi connectivity index (χ4v) is 5.25. The molecule has 2 amide bonds. The molecule has 0 saturated carbocycles. The maximum atomic E-state index is 14.1. The van der Waals surface area contributed by atoms with E-state index < -0.39 is 0 Å². The van der Waals surface area contributed by atoms with Crippen molar-refractivity contribution in [2.24, 2.45) is 5.92 Å². The molecular weight excluding hydrogens is 420 g/mol. The van der Waals surface area contributed by atoms with Crippen molar-refractivity contribution < 1.29 is 9.59 Å². The topological polar surface area (TPSA) is 40.6 Å². The van der Waals surface area contributed by atoms with E-state index in [2.05, 4.69) is 58.9 Å². The van der Waals surface area contributed by atoms with Gasteiger partial charge in [0.05, 0.1) is 6.04 Å². The van der Waals surface area contributed by atoms with Gasteiger partial charge in [-0.3, -0.25) is 9.59 Å². The molecule has 4 nitrogen and oxygen atoms in total. The van der Waals surface area contributed by atoms with Crippen molar-refractivity contribution in [2.75, 3.05) is 4.90 Å². The van der Waals surface area contributed by atoms with E-state index in [4.69, 9.17) is 0 Å².